The lowest BCUT2D eigenvalue weighted by molar-refractivity contribution is -0.144. The Morgan fingerprint density at radius 1 is 1.64 bits per heavy atom. The number of nitrogens with zero attached hydrogens (tertiary/aromatic N) is 1. The van der Waals surface area contributed by atoms with Crippen LogP contribution in [-0.4, -0.2) is 41.7 Å². The van der Waals surface area contributed by atoms with Gasteiger partial charge in [-0.05, 0) is 31.3 Å². The van der Waals surface area contributed by atoms with Gasteiger partial charge in [-0.25, -0.2) is 0 Å². The minimum Gasteiger partial charge on any atom is -0.480 e. The SMILES string of the molecule is CC(C)C(C(=O)O)N1CCC(CN)C1. The van der Waals surface area contributed by atoms with Gasteiger partial charge in [0.2, 0.25) is 0 Å². The summed E-state index contributed by atoms with van der Waals surface area (Å²) >= 11 is 0. The predicted octanol–water partition coefficient (Wildman–Crippen LogP) is 0.376. The van der Waals surface area contributed by atoms with Gasteiger partial charge in [-0.3, -0.25) is 9.69 Å². The summed E-state index contributed by atoms with van der Waals surface area (Å²) in [4.78, 5) is 13.1. The van der Waals surface area contributed by atoms with E-state index < -0.39 is 5.97 Å². The van der Waals surface area contributed by atoms with Crippen LogP contribution < -0.4 is 5.73 Å². The largest absolute Gasteiger partial charge is 0.480 e. The quantitative estimate of drug-likeness (QED) is 0.688. The second-order valence-electron chi connectivity index (χ2n) is 4.41. The first-order valence-corrected chi connectivity index (χ1v) is 5.23. The molecule has 1 rings (SSSR count). The number of likely N-dealkylation sites (tertiary alicyclic amines) is 1. The van der Waals surface area contributed by atoms with Gasteiger partial charge in [-0.15, -0.1) is 0 Å². The third-order valence-corrected chi connectivity index (χ3v) is 2.93. The van der Waals surface area contributed by atoms with Gasteiger partial charge < -0.3 is 10.8 Å². The van der Waals surface area contributed by atoms with Gasteiger partial charge in [0.15, 0.2) is 0 Å². The average Bonchev–Trinajstić information content (AvgIpc) is 2.51. The lowest BCUT2D eigenvalue weighted by Crippen LogP contribution is -2.43. The molecule has 2 atom stereocenters. The van der Waals surface area contributed by atoms with Crippen LogP contribution in [0.5, 0.6) is 0 Å². The summed E-state index contributed by atoms with van der Waals surface area (Å²) in [5.74, 6) is -0.0719. The van der Waals surface area contributed by atoms with Crippen LogP contribution in [0.1, 0.15) is 20.3 Å². The number of nitrogens with two attached hydrogens (primary N) is 1. The Hall–Kier alpha value is -0.610. The van der Waals surface area contributed by atoms with Crippen LogP contribution in [0, 0.1) is 11.8 Å². The maximum Gasteiger partial charge on any atom is 0.321 e. The van der Waals surface area contributed by atoms with Gasteiger partial charge in [0.1, 0.15) is 6.04 Å². The molecule has 1 aliphatic heterocycles. The van der Waals surface area contributed by atoms with E-state index in [1.807, 2.05) is 18.7 Å². The fourth-order valence-corrected chi connectivity index (χ4v) is 2.17. The van der Waals surface area contributed by atoms with Crippen molar-refractivity contribution in [1.82, 2.24) is 4.90 Å². The molecule has 0 aromatic heterocycles. The van der Waals surface area contributed by atoms with Crippen LogP contribution in [0.2, 0.25) is 0 Å². The molecule has 82 valence electrons. The normalized spacial score (nSPS) is 25.6. The molecule has 0 bridgehead atoms. The van der Waals surface area contributed by atoms with Crippen LogP contribution in [0.15, 0.2) is 0 Å². The molecule has 4 heteroatoms. The third kappa shape index (κ3) is 2.45. The van der Waals surface area contributed by atoms with E-state index in [0.717, 1.165) is 19.5 Å². The summed E-state index contributed by atoms with van der Waals surface area (Å²) < 4.78 is 0. The van der Waals surface area contributed by atoms with Crippen molar-refractivity contribution in [2.75, 3.05) is 19.6 Å². The van der Waals surface area contributed by atoms with Crippen molar-refractivity contribution < 1.29 is 9.90 Å². The fraction of sp³-hybridized carbons (Fsp3) is 0.900. The van der Waals surface area contributed by atoms with E-state index in [1.54, 1.807) is 0 Å². The molecule has 14 heavy (non-hydrogen) atoms. The number of hydrogen-bond donors (Lipinski definition) is 2. The van der Waals surface area contributed by atoms with Crippen molar-refractivity contribution in [3.05, 3.63) is 0 Å². The molecule has 0 aliphatic carbocycles. The highest BCUT2D eigenvalue weighted by atomic mass is 16.4. The average molecular weight is 200 g/mol. The molecular formula is C10H20N2O2. The van der Waals surface area contributed by atoms with Gasteiger partial charge in [0.05, 0.1) is 0 Å². The Labute approximate surface area is 85.1 Å². The van der Waals surface area contributed by atoms with Crippen molar-refractivity contribution in [2.24, 2.45) is 17.6 Å². The van der Waals surface area contributed by atoms with Gasteiger partial charge in [0.25, 0.3) is 0 Å². The molecule has 3 N–H and O–H groups in total. The number of carboxylic acid groups (broad SMARTS) is 1. The maximum absolute atomic E-state index is 11.1. The molecule has 1 saturated heterocycles. The lowest BCUT2D eigenvalue weighted by Gasteiger charge is -2.27. The van der Waals surface area contributed by atoms with E-state index in [0.29, 0.717) is 12.5 Å². The maximum atomic E-state index is 11.1. The summed E-state index contributed by atoms with van der Waals surface area (Å²) in [6.07, 6.45) is 1.03. The molecule has 0 amide bonds. The predicted molar refractivity (Wildman–Crippen MR) is 55.0 cm³/mol. The smallest absolute Gasteiger partial charge is 0.321 e. The summed E-state index contributed by atoms with van der Waals surface area (Å²) in [7, 11) is 0. The lowest BCUT2D eigenvalue weighted by atomic mass is 10.0. The summed E-state index contributed by atoms with van der Waals surface area (Å²) in [6.45, 7) is 6.28. The topological polar surface area (TPSA) is 66.6 Å². The zero-order valence-electron chi connectivity index (χ0n) is 8.94. The van der Waals surface area contributed by atoms with Crippen LogP contribution in [0.3, 0.4) is 0 Å². The monoisotopic (exact) mass is 200 g/mol. The number of rotatable bonds is 4. The molecule has 0 aromatic rings. The van der Waals surface area contributed by atoms with Gasteiger partial charge in [-0.2, -0.15) is 0 Å². The molecule has 0 aromatic carbocycles. The minimum atomic E-state index is -0.710. The standard InChI is InChI=1S/C10H20N2O2/c1-7(2)9(10(13)14)12-4-3-8(5-11)6-12/h7-9H,3-6,11H2,1-2H3,(H,13,14). The van der Waals surface area contributed by atoms with E-state index in [9.17, 15) is 4.79 Å². The van der Waals surface area contributed by atoms with Gasteiger partial charge >= 0.3 is 5.97 Å². The van der Waals surface area contributed by atoms with E-state index in [-0.39, 0.29) is 12.0 Å². The van der Waals surface area contributed by atoms with Crippen LogP contribution in [0.4, 0.5) is 0 Å². The molecule has 1 fully saturated rings. The van der Waals surface area contributed by atoms with Crippen molar-refractivity contribution >= 4 is 5.97 Å². The zero-order chi connectivity index (χ0) is 10.7. The van der Waals surface area contributed by atoms with E-state index >= 15 is 0 Å². The first kappa shape index (κ1) is 11.5. The Morgan fingerprint density at radius 3 is 2.64 bits per heavy atom. The molecule has 0 radical (unpaired) electrons. The summed E-state index contributed by atoms with van der Waals surface area (Å²) in [5, 5.41) is 9.09. The molecule has 0 spiro atoms. The summed E-state index contributed by atoms with van der Waals surface area (Å²) in [5.41, 5.74) is 5.57. The molecule has 2 unspecified atom stereocenters. The van der Waals surface area contributed by atoms with E-state index in [1.165, 1.54) is 0 Å². The number of carboxylic acids is 1. The Morgan fingerprint density at radius 2 is 2.29 bits per heavy atom. The van der Waals surface area contributed by atoms with Gasteiger partial charge in [0, 0.05) is 6.54 Å². The van der Waals surface area contributed by atoms with Crippen molar-refractivity contribution in [3.63, 3.8) is 0 Å². The number of aliphatic carboxylic acids is 1. The van der Waals surface area contributed by atoms with Crippen LogP contribution in [-0.2, 0) is 4.79 Å². The van der Waals surface area contributed by atoms with Crippen LogP contribution in [0.25, 0.3) is 0 Å². The Bertz CT molecular complexity index is 206. The fourth-order valence-electron chi connectivity index (χ4n) is 2.17. The van der Waals surface area contributed by atoms with Gasteiger partial charge in [-0.1, -0.05) is 13.8 Å². The Balaban J connectivity index is 2.58. The molecule has 0 saturated carbocycles. The van der Waals surface area contributed by atoms with Crippen molar-refractivity contribution in [3.8, 4) is 0 Å². The molecular weight excluding hydrogens is 180 g/mol. The minimum absolute atomic E-state index is 0.157. The third-order valence-electron chi connectivity index (χ3n) is 2.93. The number of hydrogen-bond acceptors (Lipinski definition) is 3. The van der Waals surface area contributed by atoms with Crippen molar-refractivity contribution in [2.45, 2.75) is 26.3 Å². The van der Waals surface area contributed by atoms with Crippen LogP contribution >= 0.6 is 0 Å². The second-order valence-corrected chi connectivity index (χ2v) is 4.41. The van der Waals surface area contributed by atoms with E-state index in [4.69, 9.17) is 10.8 Å². The number of carbonyl (C=O) groups is 1. The summed E-state index contributed by atoms with van der Waals surface area (Å²) in [6, 6.07) is -0.341. The van der Waals surface area contributed by atoms with Crippen molar-refractivity contribution in [1.29, 1.82) is 0 Å². The van der Waals surface area contributed by atoms with E-state index in [2.05, 4.69) is 0 Å². The highest BCUT2D eigenvalue weighted by molar-refractivity contribution is 5.73. The highest BCUT2D eigenvalue weighted by Crippen LogP contribution is 2.21. The first-order valence-electron chi connectivity index (χ1n) is 5.23. The zero-order valence-corrected chi connectivity index (χ0v) is 8.94. The first-order chi connectivity index (χ1) is 6.56. The second kappa shape index (κ2) is 4.75. The molecule has 1 heterocycles. The molecule has 4 nitrogen and oxygen atoms in total. The molecule has 1 aliphatic rings. The Kier molecular flexibility index (Phi) is 3.89. The highest BCUT2D eigenvalue weighted by Gasteiger charge is 2.33.